The fourth-order valence-electron chi connectivity index (χ4n) is 3.58. The normalized spacial score (nSPS) is 20.1. The van der Waals surface area contributed by atoms with E-state index in [1.165, 1.54) is 6.42 Å². The van der Waals surface area contributed by atoms with Gasteiger partial charge in [0.2, 0.25) is 0 Å². The second-order valence-corrected chi connectivity index (χ2v) is 8.07. The van der Waals surface area contributed by atoms with Crippen LogP contribution in [0.25, 0.3) is 0 Å². The zero-order valence-corrected chi connectivity index (χ0v) is 20.0. The molecule has 0 bridgehead atoms. The first-order valence-corrected chi connectivity index (χ1v) is 9.83. The quantitative estimate of drug-likeness (QED) is 0.252. The van der Waals surface area contributed by atoms with Crippen molar-refractivity contribution in [2.45, 2.75) is 46.3 Å². The van der Waals surface area contributed by atoms with Crippen LogP contribution < -0.4 is 15.4 Å². The van der Waals surface area contributed by atoms with Crippen molar-refractivity contribution in [1.82, 2.24) is 10.6 Å². The molecule has 1 aliphatic heterocycles. The molecule has 1 aliphatic rings. The molecule has 1 aromatic rings. The van der Waals surface area contributed by atoms with E-state index in [0.29, 0.717) is 19.1 Å². The van der Waals surface area contributed by atoms with E-state index in [1.54, 1.807) is 13.1 Å². The lowest BCUT2D eigenvalue weighted by molar-refractivity contribution is -0.0835. The predicted molar refractivity (Wildman–Crippen MR) is 128 cm³/mol. The lowest BCUT2D eigenvalue weighted by Crippen LogP contribution is -2.47. The van der Waals surface area contributed by atoms with Crippen molar-refractivity contribution in [3.63, 3.8) is 0 Å². The third-order valence-electron chi connectivity index (χ3n) is 4.83. The number of aliphatic imine (C=N–C) groups is 1. The maximum Gasteiger partial charge on any atom is 0.191 e. The molecule has 5 nitrogen and oxygen atoms in total. The molecule has 6 heteroatoms. The molecule has 2 unspecified atom stereocenters. The highest BCUT2D eigenvalue weighted by Gasteiger charge is 2.35. The van der Waals surface area contributed by atoms with Crippen molar-refractivity contribution in [2.24, 2.45) is 16.3 Å². The molecule has 0 radical (unpaired) electrons. The summed E-state index contributed by atoms with van der Waals surface area (Å²) in [6.07, 6.45) is 4.33. The third-order valence-corrected chi connectivity index (χ3v) is 4.83. The largest absolute Gasteiger partial charge is 0.489 e. The molecule has 158 valence electrons. The van der Waals surface area contributed by atoms with Gasteiger partial charge in [0, 0.05) is 38.2 Å². The van der Waals surface area contributed by atoms with Gasteiger partial charge in [0.05, 0.1) is 6.10 Å². The number of benzene rings is 1. The van der Waals surface area contributed by atoms with Gasteiger partial charge >= 0.3 is 0 Å². The highest BCUT2D eigenvalue weighted by Crippen LogP contribution is 2.33. The zero-order valence-electron chi connectivity index (χ0n) is 17.7. The Morgan fingerprint density at radius 2 is 2.07 bits per heavy atom. The second-order valence-electron chi connectivity index (χ2n) is 8.07. The summed E-state index contributed by atoms with van der Waals surface area (Å²) >= 11 is 0. The summed E-state index contributed by atoms with van der Waals surface area (Å²) in [6.45, 7) is 13.3. The summed E-state index contributed by atoms with van der Waals surface area (Å²) in [5.74, 6) is 2.15. The molecule has 1 saturated heterocycles. The van der Waals surface area contributed by atoms with Crippen molar-refractivity contribution in [1.29, 1.82) is 0 Å². The predicted octanol–water partition coefficient (Wildman–Crippen LogP) is 4.38. The Morgan fingerprint density at radius 1 is 1.32 bits per heavy atom. The summed E-state index contributed by atoms with van der Waals surface area (Å²) in [4.78, 5) is 4.36. The Balaban J connectivity index is 0.00000392. The van der Waals surface area contributed by atoms with Crippen LogP contribution in [0.1, 0.15) is 39.2 Å². The first-order valence-electron chi connectivity index (χ1n) is 9.83. The molecular formula is C22H36IN3O2. The van der Waals surface area contributed by atoms with Gasteiger partial charge in [-0.3, -0.25) is 4.99 Å². The van der Waals surface area contributed by atoms with Crippen molar-refractivity contribution < 1.29 is 9.47 Å². The van der Waals surface area contributed by atoms with E-state index < -0.39 is 0 Å². The van der Waals surface area contributed by atoms with Crippen molar-refractivity contribution in [2.75, 3.05) is 26.8 Å². The minimum atomic E-state index is 0. The Bertz CT molecular complexity index is 628. The summed E-state index contributed by atoms with van der Waals surface area (Å²) in [5, 5.41) is 6.86. The number of hydrogen-bond donors (Lipinski definition) is 2. The molecule has 28 heavy (non-hydrogen) atoms. The summed E-state index contributed by atoms with van der Waals surface area (Å²) in [6, 6.07) is 8.03. The van der Waals surface area contributed by atoms with E-state index in [9.17, 15) is 0 Å². The molecule has 0 aromatic heterocycles. The van der Waals surface area contributed by atoms with Crippen LogP contribution in [-0.2, 0) is 11.3 Å². The average molecular weight is 501 g/mol. The summed E-state index contributed by atoms with van der Waals surface area (Å²) in [7, 11) is 1.80. The third kappa shape index (κ3) is 7.62. The standard InChI is InChI=1S/C22H35N3O2.HI/c1-6-13-26-19-12-8-7-10-17(19)15-24-21(23-5)25-16-18-11-9-14-27-20(18)22(2,3)4;/h6-8,10,12,18,20H,1,9,11,13-16H2,2-5H3,(H2,23,24,25);1H. The van der Waals surface area contributed by atoms with Gasteiger partial charge < -0.3 is 20.1 Å². The molecule has 0 saturated carbocycles. The molecule has 2 atom stereocenters. The molecule has 1 aromatic carbocycles. The van der Waals surface area contributed by atoms with Gasteiger partial charge in [-0.1, -0.05) is 51.6 Å². The van der Waals surface area contributed by atoms with Gasteiger partial charge in [0.15, 0.2) is 5.96 Å². The van der Waals surface area contributed by atoms with E-state index >= 15 is 0 Å². The van der Waals surface area contributed by atoms with Crippen LogP contribution in [0.3, 0.4) is 0 Å². The zero-order chi connectivity index (χ0) is 19.7. The van der Waals surface area contributed by atoms with E-state index in [2.05, 4.69) is 49.0 Å². The lowest BCUT2D eigenvalue weighted by atomic mass is 9.78. The number of ether oxygens (including phenoxy) is 2. The van der Waals surface area contributed by atoms with Crippen LogP contribution >= 0.6 is 24.0 Å². The van der Waals surface area contributed by atoms with Crippen molar-refractivity contribution in [3.8, 4) is 5.75 Å². The van der Waals surface area contributed by atoms with Crippen LogP contribution in [0.4, 0.5) is 0 Å². The monoisotopic (exact) mass is 501 g/mol. The van der Waals surface area contributed by atoms with Gasteiger partial charge in [-0.25, -0.2) is 0 Å². The number of nitrogens with one attached hydrogen (secondary N) is 2. The number of rotatable bonds is 7. The second kappa shape index (κ2) is 12.3. The maximum absolute atomic E-state index is 6.08. The van der Waals surface area contributed by atoms with E-state index in [0.717, 1.165) is 36.8 Å². The SMILES string of the molecule is C=CCOc1ccccc1CNC(=NC)NCC1CCCOC1C(C)(C)C.I. The van der Waals surface area contributed by atoms with E-state index in [4.69, 9.17) is 9.47 Å². The Morgan fingerprint density at radius 3 is 2.75 bits per heavy atom. The molecular weight excluding hydrogens is 465 g/mol. The molecule has 1 heterocycles. The van der Waals surface area contributed by atoms with Gasteiger partial charge in [-0.15, -0.1) is 24.0 Å². The molecule has 0 aliphatic carbocycles. The Kier molecular flexibility index (Phi) is 10.9. The molecule has 1 fully saturated rings. The minimum absolute atomic E-state index is 0. The van der Waals surface area contributed by atoms with Crippen molar-refractivity contribution in [3.05, 3.63) is 42.5 Å². The molecule has 2 N–H and O–H groups in total. The van der Waals surface area contributed by atoms with E-state index in [-0.39, 0.29) is 35.5 Å². The van der Waals surface area contributed by atoms with Gasteiger partial charge in [-0.05, 0) is 24.3 Å². The number of hydrogen-bond acceptors (Lipinski definition) is 3. The fourth-order valence-corrected chi connectivity index (χ4v) is 3.58. The Labute approximate surface area is 187 Å². The van der Waals surface area contributed by atoms with Gasteiger partial charge in [0.1, 0.15) is 12.4 Å². The topological polar surface area (TPSA) is 54.9 Å². The average Bonchev–Trinajstić information content (AvgIpc) is 2.66. The highest BCUT2D eigenvalue weighted by atomic mass is 127. The smallest absolute Gasteiger partial charge is 0.191 e. The van der Waals surface area contributed by atoms with Crippen LogP contribution in [0, 0.1) is 11.3 Å². The molecule has 0 amide bonds. The van der Waals surface area contributed by atoms with Gasteiger partial charge in [0.25, 0.3) is 0 Å². The maximum atomic E-state index is 6.08. The van der Waals surface area contributed by atoms with Gasteiger partial charge in [-0.2, -0.15) is 0 Å². The fraction of sp³-hybridized carbons (Fsp3) is 0.591. The lowest BCUT2D eigenvalue weighted by Gasteiger charge is -2.40. The van der Waals surface area contributed by atoms with Crippen LogP contribution in [0.5, 0.6) is 5.75 Å². The first-order chi connectivity index (χ1) is 13.0. The number of nitrogens with zero attached hydrogens (tertiary/aromatic N) is 1. The van der Waals surface area contributed by atoms with Crippen LogP contribution in [0.15, 0.2) is 41.9 Å². The molecule has 0 spiro atoms. The number of guanidine groups is 1. The number of halogens is 1. The van der Waals surface area contributed by atoms with E-state index in [1.807, 2.05) is 18.2 Å². The first kappa shape index (κ1) is 24.8. The van der Waals surface area contributed by atoms with Crippen molar-refractivity contribution >= 4 is 29.9 Å². The minimum Gasteiger partial charge on any atom is -0.489 e. The summed E-state index contributed by atoms with van der Waals surface area (Å²) < 4.78 is 11.8. The molecule has 2 rings (SSSR count). The van der Waals surface area contributed by atoms with Crippen LogP contribution in [-0.4, -0.2) is 38.9 Å². The highest BCUT2D eigenvalue weighted by molar-refractivity contribution is 14.0. The van der Waals surface area contributed by atoms with Crippen LogP contribution in [0.2, 0.25) is 0 Å². The number of para-hydroxylation sites is 1. The Hall–Kier alpha value is -1.28. The summed E-state index contributed by atoms with van der Waals surface area (Å²) in [5.41, 5.74) is 1.24.